The number of nitrogens with zero attached hydrogens (tertiary/aromatic N) is 4. The first-order valence-corrected chi connectivity index (χ1v) is 13.6. The summed E-state index contributed by atoms with van der Waals surface area (Å²) in [6, 6.07) is 21.1. The number of hydrogen-bond donors (Lipinski definition) is 1. The summed E-state index contributed by atoms with van der Waals surface area (Å²) < 4.78 is 6.99. The normalized spacial score (nSPS) is 15.5. The van der Waals surface area contributed by atoms with Gasteiger partial charge in [-0.2, -0.15) is 0 Å². The van der Waals surface area contributed by atoms with Crippen molar-refractivity contribution in [3.8, 4) is 5.75 Å². The summed E-state index contributed by atoms with van der Waals surface area (Å²) in [5, 5.41) is 11.8. The zero-order valence-electron chi connectivity index (χ0n) is 22.7. The molecule has 1 heterocycles. The van der Waals surface area contributed by atoms with Gasteiger partial charge in [0, 0.05) is 11.7 Å². The minimum Gasteiger partial charge on any atom is -0.497 e. The van der Waals surface area contributed by atoms with Gasteiger partial charge in [0.2, 0.25) is 5.91 Å². The Bertz CT molecular complexity index is 1420. The number of anilines is 1. The molecule has 2 amide bonds. The van der Waals surface area contributed by atoms with Crippen LogP contribution in [0.1, 0.15) is 62.2 Å². The monoisotopic (exact) mass is 525 g/mol. The number of ether oxygens (including phenoxy) is 1. The van der Waals surface area contributed by atoms with Crippen LogP contribution >= 0.6 is 0 Å². The predicted octanol–water partition coefficient (Wildman–Crippen LogP) is 5.53. The Labute approximate surface area is 229 Å². The van der Waals surface area contributed by atoms with Crippen LogP contribution in [0.5, 0.6) is 5.75 Å². The minimum absolute atomic E-state index is 0.0960. The van der Waals surface area contributed by atoms with Gasteiger partial charge in [0.15, 0.2) is 0 Å². The highest BCUT2D eigenvalue weighted by molar-refractivity contribution is 6.03. The second kappa shape index (κ2) is 11.7. The van der Waals surface area contributed by atoms with Crippen LogP contribution in [0.4, 0.5) is 5.69 Å². The summed E-state index contributed by atoms with van der Waals surface area (Å²) in [6.45, 7) is 3.80. The zero-order chi connectivity index (χ0) is 27.4. The molecule has 3 aromatic carbocycles. The van der Waals surface area contributed by atoms with Gasteiger partial charge in [-0.15, -0.1) is 5.10 Å². The molecule has 0 aliphatic heterocycles. The van der Waals surface area contributed by atoms with Crippen molar-refractivity contribution in [3.63, 3.8) is 0 Å². The van der Waals surface area contributed by atoms with Gasteiger partial charge in [0.25, 0.3) is 5.91 Å². The lowest BCUT2D eigenvalue weighted by Crippen LogP contribution is -2.48. The molecule has 1 aliphatic rings. The molecule has 0 unspecified atom stereocenters. The number of aryl methyl sites for hydroxylation is 1. The van der Waals surface area contributed by atoms with Crippen LogP contribution < -0.4 is 15.0 Å². The van der Waals surface area contributed by atoms with E-state index in [0.29, 0.717) is 22.5 Å². The molecule has 4 aromatic rings. The van der Waals surface area contributed by atoms with Crippen LogP contribution in [0.3, 0.4) is 0 Å². The largest absolute Gasteiger partial charge is 0.497 e. The number of para-hydroxylation sites is 1. The summed E-state index contributed by atoms with van der Waals surface area (Å²) in [7, 11) is 1.61. The van der Waals surface area contributed by atoms with E-state index in [2.05, 4.69) is 15.6 Å². The lowest BCUT2D eigenvalue weighted by Gasteiger charge is -2.35. The number of aromatic nitrogens is 3. The summed E-state index contributed by atoms with van der Waals surface area (Å²) in [6.07, 6.45) is 5.26. The molecule has 1 aliphatic carbocycles. The Hall–Kier alpha value is -4.20. The molecule has 8 heteroatoms. The van der Waals surface area contributed by atoms with Crippen molar-refractivity contribution in [3.05, 3.63) is 83.9 Å². The van der Waals surface area contributed by atoms with Crippen LogP contribution in [0.2, 0.25) is 0 Å². The van der Waals surface area contributed by atoms with Gasteiger partial charge in [0.05, 0.1) is 12.6 Å². The van der Waals surface area contributed by atoms with Crippen LogP contribution in [0.15, 0.2) is 72.8 Å². The van der Waals surface area contributed by atoms with Crippen LogP contribution in [0.25, 0.3) is 11.0 Å². The molecule has 1 N–H and O–H groups in total. The van der Waals surface area contributed by atoms with E-state index < -0.39 is 12.1 Å². The number of carbonyl (C=O) groups is 2. The third-order valence-electron chi connectivity index (χ3n) is 7.54. The average molecular weight is 526 g/mol. The molecular weight excluding hydrogens is 490 g/mol. The number of nitrogens with one attached hydrogen (secondary N) is 1. The highest BCUT2D eigenvalue weighted by atomic mass is 16.5. The van der Waals surface area contributed by atoms with Crippen molar-refractivity contribution in [2.75, 3.05) is 12.0 Å². The number of rotatable bonds is 8. The molecule has 0 saturated heterocycles. The molecule has 0 bridgehead atoms. The van der Waals surface area contributed by atoms with E-state index >= 15 is 0 Å². The summed E-state index contributed by atoms with van der Waals surface area (Å²) in [5.74, 6) is 0.228. The van der Waals surface area contributed by atoms with Crippen LogP contribution in [-0.2, 0) is 9.59 Å². The molecule has 1 fully saturated rings. The number of benzene rings is 3. The number of fused-ring (bicyclic) bond motifs is 1. The first-order valence-electron chi connectivity index (χ1n) is 13.6. The van der Waals surface area contributed by atoms with Crippen molar-refractivity contribution >= 4 is 28.5 Å². The molecule has 2 atom stereocenters. The fourth-order valence-corrected chi connectivity index (χ4v) is 5.32. The molecule has 39 heavy (non-hydrogen) atoms. The van der Waals surface area contributed by atoms with Crippen molar-refractivity contribution < 1.29 is 14.3 Å². The zero-order valence-corrected chi connectivity index (χ0v) is 22.7. The molecule has 1 saturated carbocycles. The lowest BCUT2D eigenvalue weighted by molar-refractivity contribution is -0.128. The first-order chi connectivity index (χ1) is 19.0. The van der Waals surface area contributed by atoms with E-state index in [1.54, 1.807) is 23.6 Å². The van der Waals surface area contributed by atoms with E-state index in [1.807, 2.05) is 79.7 Å². The fraction of sp³-hybridized carbons (Fsp3) is 0.355. The first kappa shape index (κ1) is 26.4. The predicted molar refractivity (Wildman–Crippen MR) is 152 cm³/mol. The van der Waals surface area contributed by atoms with Gasteiger partial charge in [-0.3, -0.25) is 14.5 Å². The van der Waals surface area contributed by atoms with Gasteiger partial charge >= 0.3 is 0 Å². The van der Waals surface area contributed by atoms with Gasteiger partial charge < -0.3 is 10.1 Å². The smallest absolute Gasteiger partial charge is 0.252 e. The summed E-state index contributed by atoms with van der Waals surface area (Å²) in [4.78, 5) is 30.2. The van der Waals surface area contributed by atoms with Crippen LogP contribution in [0, 0.1) is 6.92 Å². The van der Waals surface area contributed by atoms with Crippen LogP contribution in [-0.4, -0.2) is 40.0 Å². The second-order valence-corrected chi connectivity index (χ2v) is 10.3. The van der Waals surface area contributed by atoms with Gasteiger partial charge in [0.1, 0.15) is 23.3 Å². The molecule has 1 aromatic heterocycles. The Morgan fingerprint density at radius 2 is 1.67 bits per heavy atom. The van der Waals surface area contributed by atoms with Crippen molar-refractivity contribution in [1.29, 1.82) is 0 Å². The van der Waals surface area contributed by atoms with E-state index in [-0.39, 0.29) is 17.9 Å². The highest BCUT2D eigenvalue weighted by Gasteiger charge is 2.37. The standard InChI is InChI=1S/C31H35N5O3/c1-21-13-17-25(18-14-21)35(31(38)22(2)36-28-12-8-7-11-27(28)33-34-36)29(23-15-19-26(39-3)20-16-23)30(37)32-24-9-5-4-6-10-24/h7-8,11-20,22,24,29H,4-6,9-10H2,1-3H3,(H,32,37)/t22-,29+/m1/s1. The third kappa shape index (κ3) is 5.65. The van der Waals surface area contributed by atoms with E-state index in [1.165, 1.54) is 6.42 Å². The topological polar surface area (TPSA) is 89.4 Å². The van der Waals surface area contributed by atoms with Crippen molar-refractivity contribution in [2.45, 2.75) is 64.1 Å². The second-order valence-electron chi connectivity index (χ2n) is 10.3. The number of carbonyl (C=O) groups excluding carboxylic acids is 2. The van der Waals surface area contributed by atoms with Crippen molar-refractivity contribution in [2.24, 2.45) is 0 Å². The average Bonchev–Trinajstić information content (AvgIpc) is 3.40. The molecule has 202 valence electrons. The fourth-order valence-electron chi connectivity index (χ4n) is 5.32. The van der Waals surface area contributed by atoms with Gasteiger partial charge in [-0.05, 0) is 68.7 Å². The van der Waals surface area contributed by atoms with E-state index in [0.717, 1.165) is 36.8 Å². The third-order valence-corrected chi connectivity index (χ3v) is 7.54. The van der Waals surface area contributed by atoms with Crippen molar-refractivity contribution in [1.82, 2.24) is 20.3 Å². The number of methoxy groups -OCH3 is 1. The van der Waals surface area contributed by atoms with Gasteiger partial charge in [-0.1, -0.05) is 66.4 Å². The molecule has 0 spiro atoms. The summed E-state index contributed by atoms with van der Waals surface area (Å²) >= 11 is 0. The maximum atomic E-state index is 14.4. The number of hydrogen-bond acceptors (Lipinski definition) is 5. The lowest BCUT2D eigenvalue weighted by atomic mass is 9.94. The van der Waals surface area contributed by atoms with E-state index in [4.69, 9.17) is 4.74 Å². The molecule has 0 radical (unpaired) electrons. The Morgan fingerprint density at radius 1 is 0.974 bits per heavy atom. The maximum Gasteiger partial charge on any atom is 0.252 e. The Kier molecular flexibility index (Phi) is 7.91. The summed E-state index contributed by atoms with van der Waals surface area (Å²) in [5.41, 5.74) is 3.87. The molecule has 8 nitrogen and oxygen atoms in total. The van der Waals surface area contributed by atoms with E-state index in [9.17, 15) is 9.59 Å². The molecular formula is C31H35N5O3. The Balaban J connectivity index is 1.59. The minimum atomic E-state index is -0.884. The Morgan fingerprint density at radius 3 is 2.36 bits per heavy atom. The SMILES string of the molecule is COc1ccc([C@@H](C(=O)NC2CCCCC2)N(C(=O)[C@@H](C)n2nnc3ccccc32)c2ccc(C)cc2)cc1. The number of amides is 2. The molecule has 5 rings (SSSR count). The maximum absolute atomic E-state index is 14.4. The quantitative estimate of drug-likeness (QED) is 0.327. The van der Waals surface area contributed by atoms with Gasteiger partial charge in [-0.25, -0.2) is 4.68 Å². The highest BCUT2D eigenvalue weighted by Crippen LogP contribution is 2.33.